The van der Waals surface area contributed by atoms with E-state index in [2.05, 4.69) is 48.9 Å². The average Bonchev–Trinajstić information content (AvgIpc) is 2.74. The van der Waals surface area contributed by atoms with Crippen molar-refractivity contribution in [2.45, 2.75) is 40.0 Å². The molecule has 0 aliphatic heterocycles. The van der Waals surface area contributed by atoms with Gasteiger partial charge in [-0.1, -0.05) is 29.3 Å². The number of nitrogens with zero attached hydrogens (tertiary/aromatic N) is 3. The lowest BCUT2D eigenvalue weighted by molar-refractivity contribution is -0.132. The fraction of sp³-hybridized carbons (Fsp3) is 0.304. The van der Waals surface area contributed by atoms with Crippen molar-refractivity contribution in [3.63, 3.8) is 0 Å². The molecule has 9 heteroatoms. The lowest BCUT2D eigenvalue weighted by Crippen LogP contribution is -2.22. The number of benzene rings is 2. The van der Waals surface area contributed by atoms with E-state index < -0.39 is 5.97 Å². The Balaban J connectivity index is 2.10. The van der Waals surface area contributed by atoms with Crippen LogP contribution in [-0.2, 0) is 11.2 Å². The Morgan fingerprint density at radius 1 is 1.19 bits per heavy atom. The third-order valence-electron chi connectivity index (χ3n) is 4.56. The van der Waals surface area contributed by atoms with Crippen LogP contribution in [0, 0.1) is 0 Å². The number of ether oxygens (including phenoxy) is 2. The van der Waals surface area contributed by atoms with E-state index in [1.54, 1.807) is 24.4 Å². The van der Waals surface area contributed by atoms with Crippen LogP contribution in [0.3, 0.4) is 0 Å². The van der Waals surface area contributed by atoms with E-state index in [0.717, 1.165) is 17.3 Å². The van der Waals surface area contributed by atoms with E-state index in [4.69, 9.17) is 9.47 Å². The van der Waals surface area contributed by atoms with Crippen molar-refractivity contribution in [1.29, 1.82) is 0 Å². The summed E-state index contributed by atoms with van der Waals surface area (Å²) in [5, 5.41) is 4.95. The molecule has 0 saturated carbocycles. The highest BCUT2D eigenvalue weighted by Gasteiger charge is 2.14. The number of fused-ring (bicyclic) bond motifs is 1. The van der Waals surface area contributed by atoms with Gasteiger partial charge in [0.05, 0.1) is 23.7 Å². The predicted octanol–water partition coefficient (Wildman–Crippen LogP) is 5.47. The van der Waals surface area contributed by atoms with Crippen LogP contribution in [0.5, 0.6) is 11.5 Å². The van der Waals surface area contributed by atoms with Crippen LogP contribution in [0.25, 0.3) is 10.9 Å². The van der Waals surface area contributed by atoms with Crippen LogP contribution >= 0.6 is 31.9 Å². The molecule has 0 bridgehead atoms. The molecule has 0 aliphatic rings. The molecule has 1 aromatic heterocycles. The molecule has 0 spiro atoms. The maximum atomic E-state index is 13.2. The summed E-state index contributed by atoms with van der Waals surface area (Å²) in [5.74, 6) is 0.869. The standard InChI is InChI=1S/C23H23Br2N3O4/c1-4-6-7-22-27-19-9-8-16(24)11-17(19)23(30)28(22)26-13-15-10-20(31-5-2)21(12-18(15)25)32-14(3)29/h8-13H,4-7H2,1-3H3. The van der Waals surface area contributed by atoms with Crippen LogP contribution in [0.4, 0.5) is 0 Å². The number of aromatic nitrogens is 2. The van der Waals surface area contributed by atoms with Gasteiger partial charge in [0.15, 0.2) is 11.5 Å². The molecule has 7 nitrogen and oxygen atoms in total. The van der Waals surface area contributed by atoms with Crippen molar-refractivity contribution in [1.82, 2.24) is 9.66 Å². The molecule has 32 heavy (non-hydrogen) atoms. The van der Waals surface area contributed by atoms with Crippen molar-refractivity contribution in [2.24, 2.45) is 5.10 Å². The second-order valence-corrected chi connectivity index (χ2v) is 8.77. The zero-order valence-electron chi connectivity index (χ0n) is 18.0. The van der Waals surface area contributed by atoms with Crippen molar-refractivity contribution in [3.8, 4) is 11.5 Å². The number of carbonyl (C=O) groups excluding carboxylic acids is 1. The Morgan fingerprint density at radius 2 is 1.97 bits per heavy atom. The van der Waals surface area contributed by atoms with E-state index in [9.17, 15) is 9.59 Å². The lowest BCUT2D eigenvalue weighted by Gasteiger charge is -2.12. The van der Waals surface area contributed by atoms with Crippen LogP contribution in [0.1, 0.15) is 45.0 Å². The number of unbranched alkanes of at least 4 members (excludes halogenated alkanes) is 1. The molecule has 3 aromatic rings. The Bertz CT molecular complexity index is 1240. The van der Waals surface area contributed by atoms with Crippen molar-refractivity contribution >= 4 is 54.9 Å². The third-order valence-corrected chi connectivity index (χ3v) is 5.74. The van der Waals surface area contributed by atoms with Gasteiger partial charge in [-0.2, -0.15) is 9.78 Å². The Kier molecular flexibility index (Phi) is 8.20. The van der Waals surface area contributed by atoms with Crippen LogP contribution < -0.4 is 15.0 Å². The van der Waals surface area contributed by atoms with Gasteiger partial charge < -0.3 is 9.47 Å². The summed E-state index contributed by atoms with van der Waals surface area (Å²) < 4.78 is 13.6. The molecule has 0 atom stereocenters. The number of aryl methyl sites for hydroxylation is 1. The highest BCUT2D eigenvalue weighted by atomic mass is 79.9. The fourth-order valence-electron chi connectivity index (χ4n) is 3.08. The number of hydrogen-bond donors (Lipinski definition) is 0. The third kappa shape index (κ3) is 5.63. The topological polar surface area (TPSA) is 82.8 Å². The number of halogens is 2. The highest BCUT2D eigenvalue weighted by molar-refractivity contribution is 9.10. The highest BCUT2D eigenvalue weighted by Crippen LogP contribution is 2.33. The first kappa shape index (κ1) is 24.1. The minimum atomic E-state index is -0.445. The Morgan fingerprint density at radius 3 is 2.66 bits per heavy atom. The Labute approximate surface area is 202 Å². The maximum Gasteiger partial charge on any atom is 0.308 e. The largest absolute Gasteiger partial charge is 0.490 e. The molecule has 0 amide bonds. The number of esters is 1. The number of hydrogen-bond acceptors (Lipinski definition) is 6. The fourth-order valence-corrected chi connectivity index (χ4v) is 3.87. The normalized spacial score (nSPS) is 11.3. The van der Waals surface area contributed by atoms with Crippen LogP contribution in [0.2, 0.25) is 0 Å². The second-order valence-electron chi connectivity index (χ2n) is 7.00. The summed E-state index contributed by atoms with van der Waals surface area (Å²) >= 11 is 6.89. The summed E-state index contributed by atoms with van der Waals surface area (Å²) in [6.07, 6.45) is 4.05. The molecule has 1 heterocycles. The minimum Gasteiger partial charge on any atom is -0.490 e. The van der Waals surface area contributed by atoms with Gasteiger partial charge in [-0.05, 0) is 59.6 Å². The summed E-state index contributed by atoms with van der Waals surface area (Å²) in [4.78, 5) is 29.3. The van der Waals surface area contributed by atoms with Gasteiger partial charge in [0.1, 0.15) is 5.82 Å². The van der Waals surface area contributed by atoms with E-state index >= 15 is 0 Å². The van der Waals surface area contributed by atoms with Gasteiger partial charge in [0.25, 0.3) is 5.56 Å². The monoisotopic (exact) mass is 563 g/mol. The van der Waals surface area contributed by atoms with Gasteiger partial charge in [-0.25, -0.2) is 4.98 Å². The zero-order valence-corrected chi connectivity index (χ0v) is 21.2. The van der Waals surface area contributed by atoms with Gasteiger partial charge in [0.2, 0.25) is 0 Å². The second kappa shape index (κ2) is 10.9. The molecule has 0 unspecified atom stereocenters. The molecule has 2 aromatic carbocycles. The van der Waals surface area contributed by atoms with Crippen molar-refractivity contribution < 1.29 is 14.3 Å². The molecule has 3 rings (SSSR count). The van der Waals surface area contributed by atoms with Crippen molar-refractivity contribution in [2.75, 3.05) is 6.61 Å². The quantitative estimate of drug-likeness (QED) is 0.206. The molecule has 0 radical (unpaired) electrons. The molecule has 0 saturated heterocycles. The smallest absolute Gasteiger partial charge is 0.308 e. The van der Waals surface area contributed by atoms with Gasteiger partial charge in [-0.3, -0.25) is 9.59 Å². The summed E-state index contributed by atoms with van der Waals surface area (Å²) in [5.41, 5.74) is 1.06. The summed E-state index contributed by atoms with van der Waals surface area (Å²) in [6, 6.07) is 8.78. The summed E-state index contributed by atoms with van der Waals surface area (Å²) in [7, 11) is 0. The van der Waals surface area contributed by atoms with Gasteiger partial charge >= 0.3 is 5.97 Å². The molecular formula is C23H23Br2N3O4. The SMILES string of the molecule is CCCCc1nc2ccc(Br)cc2c(=O)n1N=Cc1cc(OCC)c(OC(C)=O)cc1Br. The Hall–Kier alpha value is -2.52. The van der Waals surface area contributed by atoms with Crippen LogP contribution in [-0.4, -0.2) is 28.5 Å². The first-order valence-electron chi connectivity index (χ1n) is 10.2. The maximum absolute atomic E-state index is 13.2. The van der Waals surface area contributed by atoms with Gasteiger partial charge in [-0.15, -0.1) is 0 Å². The molecule has 0 N–H and O–H groups in total. The first-order chi connectivity index (χ1) is 15.3. The summed E-state index contributed by atoms with van der Waals surface area (Å²) in [6.45, 7) is 5.65. The number of carbonyl (C=O) groups is 1. The van der Waals surface area contributed by atoms with Crippen LogP contribution in [0.15, 0.2) is 49.2 Å². The first-order valence-corrected chi connectivity index (χ1v) is 11.8. The predicted molar refractivity (Wildman–Crippen MR) is 132 cm³/mol. The van der Waals surface area contributed by atoms with E-state index in [1.165, 1.54) is 11.6 Å². The van der Waals surface area contributed by atoms with E-state index in [0.29, 0.717) is 51.3 Å². The number of rotatable bonds is 8. The minimum absolute atomic E-state index is 0.239. The average molecular weight is 565 g/mol. The van der Waals surface area contributed by atoms with Crippen molar-refractivity contribution in [3.05, 3.63) is 61.0 Å². The molecule has 168 valence electrons. The van der Waals surface area contributed by atoms with E-state index in [-0.39, 0.29) is 5.56 Å². The van der Waals surface area contributed by atoms with Gasteiger partial charge in [0, 0.05) is 27.9 Å². The lowest BCUT2D eigenvalue weighted by atomic mass is 10.2. The molecule has 0 fully saturated rings. The molecule has 0 aliphatic carbocycles. The van der Waals surface area contributed by atoms with E-state index in [1.807, 2.05) is 19.1 Å². The molecular weight excluding hydrogens is 542 g/mol. The zero-order chi connectivity index (χ0) is 23.3.